The first-order valence-corrected chi connectivity index (χ1v) is 4.92. The van der Waals surface area contributed by atoms with Crippen LogP contribution in [-0.4, -0.2) is 0 Å². The molecule has 62 valence electrons. The van der Waals surface area contributed by atoms with Gasteiger partial charge in [0, 0.05) is 14.6 Å². The molecule has 0 aliphatic carbocycles. The van der Waals surface area contributed by atoms with Crippen molar-refractivity contribution in [3.8, 4) is 0 Å². The molecule has 2 rings (SSSR count). The first-order valence-electron chi connectivity index (χ1n) is 3.31. The van der Waals surface area contributed by atoms with E-state index in [1.54, 1.807) is 0 Å². The topological polar surface area (TPSA) is 26.0 Å². The number of fused-ring (bicyclic) bond motifs is 1. The summed E-state index contributed by atoms with van der Waals surface area (Å²) in [7, 11) is 0. The Labute approximate surface area is 81.1 Å². The Balaban J connectivity index is 2.88. The Bertz CT molecular complexity index is 438. The van der Waals surface area contributed by atoms with Crippen molar-refractivity contribution in [2.24, 2.45) is 0 Å². The molecule has 4 heteroatoms. The van der Waals surface area contributed by atoms with Crippen LogP contribution in [0.4, 0.5) is 10.1 Å². The second-order valence-corrected chi connectivity index (χ2v) is 4.35. The van der Waals surface area contributed by atoms with Crippen LogP contribution in [0.25, 0.3) is 10.1 Å². The summed E-state index contributed by atoms with van der Waals surface area (Å²) in [5.41, 5.74) is 5.77. The molecular weight excluding hydrogens is 241 g/mol. The lowest BCUT2D eigenvalue weighted by molar-refractivity contribution is 0.662. The first-order chi connectivity index (χ1) is 5.68. The van der Waals surface area contributed by atoms with E-state index in [-0.39, 0.29) is 10.8 Å². The molecule has 0 radical (unpaired) electrons. The normalized spacial score (nSPS) is 10.8. The van der Waals surface area contributed by atoms with E-state index in [1.807, 2.05) is 18.2 Å². The molecule has 0 spiro atoms. The Morgan fingerprint density at radius 3 is 2.92 bits per heavy atom. The van der Waals surface area contributed by atoms with Gasteiger partial charge in [0.1, 0.15) is 0 Å². The Morgan fingerprint density at radius 1 is 1.42 bits per heavy atom. The fourth-order valence-corrected chi connectivity index (χ4v) is 2.25. The van der Waals surface area contributed by atoms with E-state index in [0.717, 1.165) is 25.9 Å². The molecule has 1 aromatic carbocycles. The molecule has 0 atom stereocenters. The third-order valence-corrected chi connectivity index (χ3v) is 3.11. The average Bonchev–Trinajstić information content (AvgIpc) is 2.31. The lowest BCUT2D eigenvalue weighted by atomic mass is 10.2. The standard InChI is InChI=1S/C8H5BrFNS/c9-4-1-2-6-5(3-4)7(11)8(10)12-6/h1-3H,11H2. The zero-order valence-electron chi connectivity index (χ0n) is 5.97. The van der Waals surface area contributed by atoms with Crippen LogP contribution in [0.5, 0.6) is 0 Å². The first kappa shape index (κ1) is 8.01. The second-order valence-electron chi connectivity index (χ2n) is 2.43. The highest BCUT2D eigenvalue weighted by atomic mass is 79.9. The molecule has 0 bridgehead atoms. The number of thiophene rings is 1. The maximum Gasteiger partial charge on any atom is 0.200 e. The van der Waals surface area contributed by atoms with Crippen molar-refractivity contribution in [3.05, 3.63) is 27.8 Å². The SMILES string of the molecule is Nc1c(F)sc2ccc(Br)cc12. The number of hydrogen-bond acceptors (Lipinski definition) is 2. The summed E-state index contributed by atoms with van der Waals surface area (Å²) in [6, 6.07) is 5.55. The summed E-state index contributed by atoms with van der Waals surface area (Å²) >= 11 is 4.38. The van der Waals surface area contributed by atoms with Gasteiger partial charge in [-0.2, -0.15) is 4.39 Å². The van der Waals surface area contributed by atoms with Gasteiger partial charge in [0.15, 0.2) is 0 Å². The summed E-state index contributed by atoms with van der Waals surface area (Å²) in [4.78, 5) is 0. The quantitative estimate of drug-likeness (QED) is 0.757. The van der Waals surface area contributed by atoms with Gasteiger partial charge in [-0.25, -0.2) is 0 Å². The molecule has 12 heavy (non-hydrogen) atoms. The molecule has 0 aliphatic rings. The van der Waals surface area contributed by atoms with Crippen molar-refractivity contribution in [2.45, 2.75) is 0 Å². The minimum Gasteiger partial charge on any atom is -0.395 e. The lowest BCUT2D eigenvalue weighted by Crippen LogP contribution is -1.83. The molecule has 2 N–H and O–H groups in total. The lowest BCUT2D eigenvalue weighted by Gasteiger charge is -1.91. The van der Waals surface area contributed by atoms with Crippen molar-refractivity contribution in [3.63, 3.8) is 0 Å². The Hall–Kier alpha value is -0.610. The van der Waals surface area contributed by atoms with Gasteiger partial charge in [-0.3, -0.25) is 0 Å². The molecule has 0 saturated carbocycles. The third-order valence-electron chi connectivity index (χ3n) is 1.64. The molecule has 0 aliphatic heterocycles. The molecule has 1 aromatic heterocycles. The van der Waals surface area contributed by atoms with Crippen LogP contribution in [0, 0.1) is 5.13 Å². The molecule has 2 aromatic rings. The monoisotopic (exact) mass is 245 g/mol. The van der Waals surface area contributed by atoms with Crippen molar-refractivity contribution >= 4 is 43.0 Å². The Kier molecular flexibility index (Phi) is 1.81. The highest BCUT2D eigenvalue weighted by molar-refractivity contribution is 9.10. The van der Waals surface area contributed by atoms with Gasteiger partial charge in [0.25, 0.3) is 0 Å². The average molecular weight is 246 g/mol. The van der Waals surface area contributed by atoms with Crippen LogP contribution in [0.3, 0.4) is 0 Å². The minimum absolute atomic E-state index is 0.247. The molecule has 0 unspecified atom stereocenters. The number of rotatable bonds is 0. The number of anilines is 1. The minimum atomic E-state index is -0.303. The zero-order valence-corrected chi connectivity index (χ0v) is 8.38. The maximum absolute atomic E-state index is 12.9. The van der Waals surface area contributed by atoms with E-state index in [2.05, 4.69) is 15.9 Å². The van der Waals surface area contributed by atoms with Crippen LogP contribution in [0.2, 0.25) is 0 Å². The molecule has 0 saturated heterocycles. The van der Waals surface area contributed by atoms with E-state index >= 15 is 0 Å². The fourth-order valence-electron chi connectivity index (χ4n) is 1.06. The van der Waals surface area contributed by atoms with Crippen LogP contribution in [0.15, 0.2) is 22.7 Å². The van der Waals surface area contributed by atoms with Gasteiger partial charge in [0.2, 0.25) is 5.13 Å². The van der Waals surface area contributed by atoms with Gasteiger partial charge in [-0.15, -0.1) is 11.3 Å². The summed E-state index contributed by atoms with van der Waals surface area (Å²) in [6.07, 6.45) is 0. The van der Waals surface area contributed by atoms with E-state index in [0.29, 0.717) is 0 Å². The number of benzene rings is 1. The molecule has 0 amide bonds. The smallest absolute Gasteiger partial charge is 0.200 e. The van der Waals surface area contributed by atoms with E-state index in [4.69, 9.17) is 5.73 Å². The fraction of sp³-hybridized carbons (Fsp3) is 0. The third kappa shape index (κ3) is 1.11. The van der Waals surface area contributed by atoms with Gasteiger partial charge in [-0.05, 0) is 18.2 Å². The van der Waals surface area contributed by atoms with Crippen molar-refractivity contribution in [2.75, 3.05) is 5.73 Å². The maximum atomic E-state index is 12.9. The molecular formula is C8H5BrFNS. The molecule has 0 fully saturated rings. The van der Waals surface area contributed by atoms with Crippen molar-refractivity contribution in [1.82, 2.24) is 0 Å². The second kappa shape index (κ2) is 2.71. The number of nitrogens with two attached hydrogens (primary N) is 1. The van der Waals surface area contributed by atoms with Crippen LogP contribution in [0.1, 0.15) is 0 Å². The Morgan fingerprint density at radius 2 is 2.17 bits per heavy atom. The molecule has 1 heterocycles. The highest BCUT2D eigenvalue weighted by Crippen LogP contribution is 2.33. The largest absolute Gasteiger partial charge is 0.395 e. The van der Waals surface area contributed by atoms with Crippen LogP contribution in [-0.2, 0) is 0 Å². The number of halogens is 2. The summed E-state index contributed by atoms with van der Waals surface area (Å²) in [6.45, 7) is 0. The van der Waals surface area contributed by atoms with Crippen LogP contribution >= 0.6 is 27.3 Å². The number of nitrogen functional groups attached to an aromatic ring is 1. The van der Waals surface area contributed by atoms with Crippen LogP contribution < -0.4 is 5.73 Å². The predicted molar refractivity (Wildman–Crippen MR) is 53.9 cm³/mol. The highest BCUT2D eigenvalue weighted by Gasteiger charge is 2.07. The van der Waals surface area contributed by atoms with Gasteiger partial charge in [-0.1, -0.05) is 15.9 Å². The van der Waals surface area contributed by atoms with Crippen molar-refractivity contribution < 1.29 is 4.39 Å². The summed E-state index contributed by atoms with van der Waals surface area (Å²) in [5, 5.41) is 0.481. The van der Waals surface area contributed by atoms with Gasteiger partial charge < -0.3 is 5.73 Å². The van der Waals surface area contributed by atoms with E-state index < -0.39 is 0 Å². The predicted octanol–water partition coefficient (Wildman–Crippen LogP) is 3.39. The van der Waals surface area contributed by atoms with Gasteiger partial charge in [0.05, 0.1) is 5.69 Å². The van der Waals surface area contributed by atoms with E-state index in [9.17, 15) is 4.39 Å². The zero-order chi connectivity index (χ0) is 8.72. The van der Waals surface area contributed by atoms with E-state index in [1.165, 1.54) is 0 Å². The summed E-state index contributed by atoms with van der Waals surface area (Å²) < 4.78 is 14.7. The number of hydrogen-bond donors (Lipinski definition) is 1. The van der Waals surface area contributed by atoms with Crippen molar-refractivity contribution in [1.29, 1.82) is 0 Å². The molecule has 1 nitrogen and oxygen atoms in total. The van der Waals surface area contributed by atoms with Gasteiger partial charge >= 0.3 is 0 Å². The summed E-state index contributed by atoms with van der Waals surface area (Å²) in [5.74, 6) is 0.